The number of carbonyl (C=O) groups is 1. The fourth-order valence-electron chi connectivity index (χ4n) is 9.60. The Balaban J connectivity index is 1.08. The summed E-state index contributed by atoms with van der Waals surface area (Å²) in [6.45, 7) is 18.6. The first-order valence-corrected chi connectivity index (χ1v) is 25.4. The second-order valence-corrected chi connectivity index (χ2v) is 20.1. The lowest BCUT2D eigenvalue weighted by Crippen LogP contribution is -2.49. The molecule has 2 fully saturated rings. The van der Waals surface area contributed by atoms with Gasteiger partial charge in [-0.05, 0) is 148 Å². The van der Waals surface area contributed by atoms with E-state index in [4.69, 9.17) is 61.3 Å². The Morgan fingerprint density at radius 1 is 0.932 bits per heavy atom. The molecule has 0 amide bonds. The molecule has 14 nitrogen and oxygen atoms in total. The molecular formula is C57H60Cl2FN5O9. The first kappa shape index (κ1) is 52.5. The van der Waals surface area contributed by atoms with Crippen molar-refractivity contribution in [2.45, 2.75) is 78.2 Å². The van der Waals surface area contributed by atoms with Crippen LogP contribution in [0.4, 0.5) is 4.39 Å². The SMILES string of the molecule is C=C1CC(c2ccc(F)cc2)=C2/C1=C(/N=C\C)O[C@@H](C(=O)O)Cc1cc(ccc1OCc1ccnc(-c3ccc(OC[C@H]4COC(C)(C)O4)cc3)n1)OC[C@@H](CN1CCN(C)CC1)Oc1c(Cl)c(C)c2c(C)c1Cl. The van der Waals surface area contributed by atoms with Crippen molar-refractivity contribution < 1.29 is 47.4 Å². The minimum Gasteiger partial charge on any atom is -0.491 e. The average Bonchev–Trinajstić information content (AvgIpc) is 3.93. The van der Waals surface area contributed by atoms with Gasteiger partial charge in [-0.3, -0.25) is 4.90 Å². The van der Waals surface area contributed by atoms with E-state index in [-0.39, 0.29) is 31.6 Å². The number of ether oxygens (including phenoxy) is 7. The number of fused-ring (bicyclic) bond motifs is 8. The summed E-state index contributed by atoms with van der Waals surface area (Å²) in [7, 11) is 2.10. The molecule has 4 aliphatic heterocycles. The Kier molecular flexibility index (Phi) is 16.1. The predicted molar refractivity (Wildman–Crippen MR) is 283 cm³/mol. The minimum atomic E-state index is -1.49. The number of hydrogen-bond donors (Lipinski definition) is 1. The van der Waals surface area contributed by atoms with Crippen LogP contribution in [0.15, 0.2) is 108 Å². The molecule has 4 aromatic carbocycles. The van der Waals surface area contributed by atoms with E-state index in [1.807, 2.05) is 52.0 Å². The van der Waals surface area contributed by atoms with Gasteiger partial charge >= 0.3 is 5.97 Å². The van der Waals surface area contributed by atoms with Gasteiger partial charge in [0, 0.05) is 68.3 Å². The van der Waals surface area contributed by atoms with E-state index in [2.05, 4.69) is 33.4 Å². The number of aromatic nitrogens is 2. The van der Waals surface area contributed by atoms with Crippen molar-refractivity contribution in [2.75, 3.05) is 59.6 Å². The number of halogens is 3. The topological polar surface area (TPSA) is 147 Å². The van der Waals surface area contributed by atoms with E-state index in [9.17, 15) is 14.3 Å². The summed E-state index contributed by atoms with van der Waals surface area (Å²) in [5.41, 5.74) is 7.01. The van der Waals surface area contributed by atoms with Crippen LogP contribution >= 0.6 is 23.2 Å². The fraction of sp³-hybridized carbons (Fsp3) is 0.368. The lowest BCUT2D eigenvalue weighted by molar-refractivity contribution is -0.147. The van der Waals surface area contributed by atoms with Crippen molar-refractivity contribution in [2.24, 2.45) is 4.99 Å². The van der Waals surface area contributed by atoms with Gasteiger partial charge in [-0.2, -0.15) is 0 Å². The normalized spacial score (nSPS) is 21.5. The number of benzene rings is 4. The van der Waals surface area contributed by atoms with Crippen LogP contribution in [0, 0.1) is 19.7 Å². The molecule has 0 spiro atoms. The maximum absolute atomic E-state index is 14.5. The molecule has 10 rings (SSSR count). The third kappa shape index (κ3) is 11.9. The van der Waals surface area contributed by atoms with Crippen LogP contribution in [0.1, 0.15) is 60.7 Å². The molecule has 5 aromatic rings. The van der Waals surface area contributed by atoms with Crippen LogP contribution in [-0.4, -0.2) is 121 Å². The summed E-state index contributed by atoms with van der Waals surface area (Å²) in [5.74, 6) is 0.0413. The van der Waals surface area contributed by atoms with Crippen molar-refractivity contribution in [3.63, 3.8) is 0 Å². The molecule has 5 aliphatic rings. The molecule has 5 heterocycles. The van der Waals surface area contributed by atoms with Crippen LogP contribution in [0.25, 0.3) is 22.5 Å². The number of rotatable bonds is 12. The van der Waals surface area contributed by atoms with Crippen molar-refractivity contribution >= 4 is 46.5 Å². The standard InChI is InChI=1S/C57H60Cl2FN5O9/c1-8-61-55-48-33(2)25-45(36-9-13-39(60)14-10-36)50(48)49-34(3)51(58)53(52(59)35(49)4)72-43(28-65-23-21-64(7)22-24-65)30-69-42-17-18-46(38(26-42)27-47(73-55)56(66)67)70-29-40-19-20-62-54(63-40)37-11-15-41(16-12-37)68-31-44-32-71-57(5,6)74-44/h8-20,26,43-44,47H,2,21-25,27-32H2,1,3-7H3,(H,66,67)/b55-48-,61-8-/t43-,44+,47-/m1/s1. The van der Waals surface area contributed by atoms with Crippen molar-refractivity contribution in [1.29, 1.82) is 0 Å². The molecule has 1 aromatic heterocycles. The smallest absolute Gasteiger partial charge is 0.345 e. The summed E-state index contributed by atoms with van der Waals surface area (Å²) in [6.07, 6.45) is 1.13. The third-order valence-electron chi connectivity index (χ3n) is 13.5. The molecule has 74 heavy (non-hydrogen) atoms. The predicted octanol–water partition coefficient (Wildman–Crippen LogP) is 10.6. The molecule has 3 atom stereocenters. The Hall–Kier alpha value is -6.33. The molecule has 1 N–H and O–H groups in total. The van der Waals surface area contributed by atoms with Gasteiger partial charge in [0.25, 0.3) is 0 Å². The second kappa shape index (κ2) is 22.6. The van der Waals surface area contributed by atoms with Crippen LogP contribution in [0.3, 0.4) is 0 Å². The van der Waals surface area contributed by atoms with Crippen molar-refractivity contribution in [1.82, 2.24) is 19.8 Å². The summed E-state index contributed by atoms with van der Waals surface area (Å²) in [4.78, 5) is 32.1. The van der Waals surface area contributed by atoms with Gasteiger partial charge in [-0.1, -0.05) is 41.9 Å². The zero-order valence-electron chi connectivity index (χ0n) is 42.4. The van der Waals surface area contributed by atoms with Crippen molar-refractivity contribution in [3.8, 4) is 34.4 Å². The Labute approximate surface area is 441 Å². The summed E-state index contributed by atoms with van der Waals surface area (Å²) in [5, 5.41) is 11.6. The highest BCUT2D eigenvalue weighted by atomic mass is 35.5. The van der Waals surface area contributed by atoms with Crippen LogP contribution in [0.5, 0.6) is 23.0 Å². The molecule has 0 radical (unpaired) electrons. The Morgan fingerprint density at radius 2 is 1.65 bits per heavy atom. The molecule has 0 unspecified atom stereocenters. The lowest BCUT2D eigenvalue weighted by Gasteiger charge is -2.35. The highest BCUT2D eigenvalue weighted by molar-refractivity contribution is 6.39. The molecule has 1 aliphatic carbocycles. The molecule has 17 heteroatoms. The van der Waals surface area contributed by atoms with E-state index in [0.717, 1.165) is 42.9 Å². The maximum atomic E-state index is 14.5. The monoisotopic (exact) mass is 1050 g/mol. The van der Waals surface area contributed by atoms with E-state index >= 15 is 0 Å². The Bertz CT molecular complexity index is 2980. The van der Waals surface area contributed by atoms with E-state index < -0.39 is 29.8 Å². The number of likely N-dealkylation sites (N-methyl/N-ethyl adjacent to an activating group) is 1. The number of carboxylic acids is 1. The van der Waals surface area contributed by atoms with Crippen LogP contribution in [-0.2, 0) is 32.0 Å². The first-order chi connectivity index (χ1) is 35.5. The van der Waals surface area contributed by atoms with E-state index in [0.29, 0.717) is 110 Å². The molecular weight excluding hydrogens is 989 g/mol. The average molecular weight is 1050 g/mol. The number of aliphatic imine (C=N–C) groups is 1. The van der Waals surface area contributed by atoms with Gasteiger partial charge in [0.2, 0.25) is 12.0 Å². The number of aliphatic carboxylic acids is 1. The first-order valence-electron chi connectivity index (χ1n) is 24.7. The Morgan fingerprint density at radius 3 is 2.32 bits per heavy atom. The van der Waals surface area contributed by atoms with Gasteiger partial charge in [0.15, 0.2) is 17.4 Å². The fourth-order valence-corrected chi connectivity index (χ4v) is 10.1. The van der Waals surface area contributed by atoms with Gasteiger partial charge in [-0.25, -0.2) is 24.1 Å². The summed E-state index contributed by atoms with van der Waals surface area (Å²) >= 11 is 14.7. The third-order valence-corrected chi connectivity index (χ3v) is 14.4. The minimum absolute atomic E-state index is 0.0180. The largest absolute Gasteiger partial charge is 0.491 e. The molecule has 2 saturated heterocycles. The maximum Gasteiger partial charge on any atom is 0.345 e. The number of hydrogen-bond acceptors (Lipinski definition) is 13. The summed E-state index contributed by atoms with van der Waals surface area (Å²) in [6, 6.07) is 20.7. The van der Waals surface area contributed by atoms with Crippen LogP contribution in [0.2, 0.25) is 10.0 Å². The number of piperazine rings is 1. The van der Waals surface area contributed by atoms with Gasteiger partial charge in [-0.15, -0.1) is 0 Å². The lowest BCUT2D eigenvalue weighted by atomic mass is 9.88. The highest BCUT2D eigenvalue weighted by Gasteiger charge is 2.37. The quantitative estimate of drug-likeness (QED) is 0.118. The molecule has 0 saturated carbocycles. The van der Waals surface area contributed by atoms with Gasteiger partial charge < -0.3 is 43.2 Å². The van der Waals surface area contributed by atoms with E-state index in [1.54, 1.807) is 49.5 Å². The van der Waals surface area contributed by atoms with E-state index in [1.165, 1.54) is 18.3 Å². The number of allylic oxidation sites excluding steroid dienone is 4. The molecule has 388 valence electrons. The van der Waals surface area contributed by atoms with Crippen molar-refractivity contribution in [3.05, 3.63) is 152 Å². The summed E-state index contributed by atoms with van der Waals surface area (Å²) < 4.78 is 58.5. The van der Waals surface area contributed by atoms with Crippen LogP contribution < -0.4 is 18.9 Å². The van der Waals surface area contributed by atoms with Gasteiger partial charge in [0.1, 0.15) is 55.1 Å². The number of carboxylic acid groups (broad SMARTS) is 1. The second-order valence-electron chi connectivity index (χ2n) is 19.3. The number of nitrogens with zero attached hydrogens (tertiary/aromatic N) is 5. The zero-order valence-corrected chi connectivity index (χ0v) is 43.9. The molecule has 4 bridgehead atoms. The zero-order chi connectivity index (χ0) is 52.3. The highest BCUT2D eigenvalue weighted by Crippen LogP contribution is 2.53. The van der Waals surface area contributed by atoms with Gasteiger partial charge in [0.05, 0.1) is 22.3 Å².